The summed E-state index contributed by atoms with van der Waals surface area (Å²) < 4.78 is 23.6. The van der Waals surface area contributed by atoms with E-state index in [-0.39, 0.29) is 42.5 Å². The molecule has 7 nitrogen and oxygen atoms in total. The number of para-hydroxylation sites is 1. The number of carbonyl (C=O) groups is 2. The molecule has 1 heterocycles. The SMILES string of the molecule is C#CCN(CC(=O)Nc1ccccc1C(=O)Nc1cccc(C)c1)C1CCS(=O)(=O)C1. The minimum Gasteiger partial charge on any atom is -0.324 e. The van der Waals surface area contributed by atoms with Crippen LogP contribution in [-0.4, -0.2) is 55.8 Å². The van der Waals surface area contributed by atoms with Gasteiger partial charge in [0.25, 0.3) is 5.91 Å². The average molecular weight is 440 g/mol. The van der Waals surface area contributed by atoms with E-state index in [1.807, 2.05) is 25.1 Å². The maximum atomic E-state index is 12.8. The summed E-state index contributed by atoms with van der Waals surface area (Å²) in [5, 5.41) is 5.60. The molecule has 162 valence electrons. The largest absolute Gasteiger partial charge is 0.324 e. The Morgan fingerprint density at radius 1 is 1.16 bits per heavy atom. The van der Waals surface area contributed by atoms with Crippen LogP contribution in [0.4, 0.5) is 11.4 Å². The van der Waals surface area contributed by atoms with Crippen molar-refractivity contribution < 1.29 is 18.0 Å². The van der Waals surface area contributed by atoms with Gasteiger partial charge in [-0.15, -0.1) is 6.42 Å². The lowest BCUT2D eigenvalue weighted by atomic mass is 10.1. The molecule has 0 bridgehead atoms. The lowest BCUT2D eigenvalue weighted by Crippen LogP contribution is -2.42. The number of carbonyl (C=O) groups excluding carboxylic acids is 2. The second-order valence-corrected chi connectivity index (χ2v) is 9.81. The third kappa shape index (κ3) is 6.17. The number of anilines is 2. The summed E-state index contributed by atoms with van der Waals surface area (Å²) in [4.78, 5) is 27.1. The molecule has 0 radical (unpaired) electrons. The third-order valence-corrected chi connectivity index (χ3v) is 6.84. The van der Waals surface area contributed by atoms with Gasteiger partial charge in [-0.2, -0.15) is 0 Å². The van der Waals surface area contributed by atoms with Crippen LogP contribution in [0.2, 0.25) is 0 Å². The van der Waals surface area contributed by atoms with Gasteiger partial charge in [0.1, 0.15) is 0 Å². The molecule has 0 aromatic heterocycles. The normalized spacial score (nSPS) is 17.1. The van der Waals surface area contributed by atoms with Gasteiger partial charge in [-0.05, 0) is 43.2 Å². The van der Waals surface area contributed by atoms with E-state index in [9.17, 15) is 18.0 Å². The fourth-order valence-electron chi connectivity index (χ4n) is 3.58. The van der Waals surface area contributed by atoms with Gasteiger partial charge in [0.2, 0.25) is 5.91 Å². The van der Waals surface area contributed by atoms with Crippen LogP contribution in [0, 0.1) is 19.3 Å². The number of terminal acetylenes is 1. The number of sulfone groups is 1. The van der Waals surface area contributed by atoms with E-state index >= 15 is 0 Å². The Balaban J connectivity index is 1.70. The van der Waals surface area contributed by atoms with Gasteiger partial charge in [-0.1, -0.05) is 30.2 Å². The summed E-state index contributed by atoms with van der Waals surface area (Å²) in [7, 11) is -3.10. The smallest absolute Gasteiger partial charge is 0.257 e. The molecule has 1 unspecified atom stereocenters. The van der Waals surface area contributed by atoms with Gasteiger partial charge in [0.05, 0.1) is 35.8 Å². The minimum absolute atomic E-state index is 0.00253. The summed E-state index contributed by atoms with van der Waals surface area (Å²) in [5.74, 6) is 1.88. The zero-order valence-electron chi connectivity index (χ0n) is 17.3. The molecular formula is C23H25N3O4S. The lowest BCUT2D eigenvalue weighted by molar-refractivity contribution is -0.117. The van der Waals surface area contributed by atoms with Crippen molar-refractivity contribution in [3.05, 3.63) is 59.7 Å². The van der Waals surface area contributed by atoms with Crippen molar-refractivity contribution in [2.75, 3.05) is 35.2 Å². The molecule has 1 atom stereocenters. The summed E-state index contributed by atoms with van der Waals surface area (Å²) in [6.07, 6.45) is 5.87. The highest BCUT2D eigenvalue weighted by Gasteiger charge is 2.32. The number of nitrogens with one attached hydrogen (secondary N) is 2. The van der Waals surface area contributed by atoms with Crippen LogP contribution < -0.4 is 10.6 Å². The van der Waals surface area contributed by atoms with Crippen molar-refractivity contribution in [2.45, 2.75) is 19.4 Å². The number of hydrogen-bond donors (Lipinski definition) is 2. The number of amides is 2. The number of benzene rings is 2. The van der Waals surface area contributed by atoms with Crippen molar-refractivity contribution in [1.82, 2.24) is 4.90 Å². The highest BCUT2D eigenvalue weighted by Crippen LogP contribution is 2.20. The third-order valence-electron chi connectivity index (χ3n) is 5.09. The van der Waals surface area contributed by atoms with E-state index in [4.69, 9.17) is 6.42 Å². The van der Waals surface area contributed by atoms with E-state index in [2.05, 4.69) is 16.6 Å². The van der Waals surface area contributed by atoms with Gasteiger partial charge in [-0.25, -0.2) is 8.42 Å². The van der Waals surface area contributed by atoms with E-state index in [1.54, 1.807) is 35.2 Å². The molecule has 1 aliphatic heterocycles. The summed E-state index contributed by atoms with van der Waals surface area (Å²) >= 11 is 0. The Labute approximate surface area is 182 Å². The highest BCUT2D eigenvalue weighted by molar-refractivity contribution is 7.91. The van der Waals surface area contributed by atoms with E-state index in [1.165, 1.54) is 0 Å². The first-order valence-electron chi connectivity index (χ1n) is 9.92. The average Bonchev–Trinajstić information content (AvgIpc) is 3.07. The van der Waals surface area contributed by atoms with Gasteiger partial charge in [0, 0.05) is 11.7 Å². The maximum absolute atomic E-state index is 12.8. The van der Waals surface area contributed by atoms with Crippen molar-refractivity contribution in [2.24, 2.45) is 0 Å². The molecule has 0 saturated carbocycles. The second kappa shape index (κ2) is 9.77. The molecule has 1 fully saturated rings. The Kier molecular flexibility index (Phi) is 7.10. The second-order valence-electron chi connectivity index (χ2n) is 7.58. The van der Waals surface area contributed by atoms with Crippen LogP contribution in [0.15, 0.2) is 48.5 Å². The summed E-state index contributed by atoms with van der Waals surface area (Å²) in [6.45, 7) is 2.04. The van der Waals surface area contributed by atoms with E-state index in [0.717, 1.165) is 5.56 Å². The van der Waals surface area contributed by atoms with Crippen LogP contribution in [-0.2, 0) is 14.6 Å². The molecule has 2 N–H and O–H groups in total. The number of nitrogens with zero attached hydrogens (tertiary/aromatic N) is 1. The van der Waals surface area contributed by atoms with Crippen LogP contribution >= 0.6 is 0 Å². The van der Waals surface area contributed by atoms with Gasteiger partial charge < -0.3 is 10.6 Å². The quantitative estimate of drug-likeness (QED) is 0.646. The molecule has 2 amide bonds. The Hall–Kier alpha value is -3.15. The minimum atomic E-state index is -3.10. The number of rotatable bonds is 7. The molecule has 1 aliphatic rings. The first kappa shape index (κ1) is 22.5. The fourth-order valence-corrected chi connectivity index (χ4v) is 5.34. The number of aryl methyl sites for hydroxylation is 1. The molecule has 3 rings (SSSR count). The first-order chi connectivity index (χ1) is 14.8. The molecule has 2 aromatic rings. The summed E-state index contributed by atoms with van der Waals surface area (Å²) in [5.41, 5.74) is 2.37. The highest BCUT2D eigenvalue weighted by atomic mass is 32.2. The van der Waals surface area contributed by atoms with Gasteiger partial charge in [0.15, 0.2) is 9.84 Å². The molecule has 31 heavy (non-hydrogen) atoms. The molecule has 8 heteroatoms. The zero-order valence-corrected chi connectivity index (χ0v) is 18.1. The van der Waals surface area contributed by atoms with E-state index < -0.39 is 9.84 Å². The van der Waals surface area contributed by atoms with Crippen LogP contribution in [0.25, 0.3) is 0 Å². The molecule has 0 aliphatic carbocycles. The molecule has 2 aromatic carbocycles. The van der Waals surface area contributed by atoms with Crippen LogP contribution in [0.1, 0.15) is 22.3 Å². The lowest BCUT2D eigenvalue weighted by Gasteiger charge is -2.25. The van der Waals surface area contributed by atoms with Crippen molar-refractivity contribution in [3.63, 3.8) is 0 Å². The van der Waals surface area contributed by atoms with Crippen LogP contribution in [0.3, 0.4) is 0 Å². The van der Waals surface area contributed by atoms with Crippen molar-refractivity contribution in [3.8, 4) is 12.3 Å². The molecular weight excluding hydrogens is 414 g/mol. The molecule has 1 saturated heterocycles. The maximum Gasteiger partial charge on any atom is 0.257 e. The molecule has 0 spiro atoms. The Morgan fingerprint density at radius 3 is 2.61 bits per heavy atom. The zero-order chi connectivity index (χ0) is 22.4. The number of hydrogen-bond acceptors (Lipinski definition) is 5. The topological polar surface area (TPSA) is 95.6 Å². The Bertz CT molecular complexity index is 1120. The van der Waals surface area contributed by atoms with Crippen molar-refractivity contribution in [1.29, 1.82) is 0 Å². The van der Waals surface area contributed by atoms with Gasteiger partial charge in [-0.3, -0.25) is 14.5 Å². The van der Waals surface area contributed by atoms with Crippen molar-refractivity contribution >= 4 is 33.0 Å². The Morgan fingerprint density at radius 2 is 1.94 bits per heavy atom. The first-order valence-corrected chi connectivity index (χ1v) is 11.7. The van der Waals surface area contributed by atoms with Gasteiger partial charge >= 0.3 is 0 Å². The standard InChI is InChI=1S/C23H25N3O4S/c1-3-12-26(19-11-13-31(29,30)16-19)15-22(27)25-21-10-5-4-9-20(21)23(28)24-18-8-6-7-17(2)14-18/h1,4-10,14,19H,11-13,15-16H2,2H3,(H,24,28)(H,25,27). The van der Waals surface area contributed by atoms with E-state index in [0.29, 0.717) is 23.4 Å². The fraction of sp³-hybridized carbons (Fsp3) is 0.304. The predicted molar refractivity (Wildman–Crippen MR) is 122 cm³/mol. The van der Waals surface area contributed by atoms with Crippen LogP contribution in [0.5, 0.6) is 0 Å². The summed E-state index contributed by atoms with van der Waals surface area (Å²) in [6, 6.07) is 13.9. The predicted octanol–water partition coefficient (Wildman–Crippen LogP) is 2.31. The monoisotopic (exact) mass is 439 g/mol.